The van der Waals surface area contributed by atoms with Gasteiger partial charge in [0.1, 0.15) is 0 Å². The molecule has 2 N–H and O–H groups in total. The fourth-order valence-corrected chi connectivity index (χ4v) is 3.51. The van der Waals surface area contributed by atoms with E-state index >= 15 is 0 Å². The zero-order valence-electron chi connectivity index (χ0n) is 15.6. The molecular weight excluding hydrogens is 370 g/mol. The smallest absolute Gasteiger partial charge is 0.217 e. The van der Waals surface area contributed by atoms with E-state index in [0.29, 0.717) is 12.4 Å². The van der Waals surface area contributed by atoms with E-state index in [1.165, 1.54) is 18.3 Å². The number of carbonyl (C=O) groups is 1. The summed E-state index contributed by atoms with van der Waals surface area (Å²) in [6.45, 7) is 3.98. The Hall–Kier alpha value is -3.32. The van der Waals surface area contributed by atoms with Crippen molar-refractivity contribution in [3.05, 3.63) is 65.2 Å². The number of nitrogens with zero attached hydrogens (tertiary/aromatic N) is 3. The summed E-state index contributed by atoms with van der Waals surface area (Å²) in [6, 6.07) is 15.8. The Kier molecular flexibility index (Phi) is 4.99. The maximum absolute atomic E-state index is 11.0. The van der Waals surface area contributed by atoms with Crippen molar-refractivity contribution >= 4 is 39.2 Å². The van der Waals surface area contributed by atoms with Gasteiger partial charge in [0.25, 0.3) is 0 Å². The van der Waals surface area contributed by atoms with Gasteiger partial charge >= 0.3 is 0 Å². The molecule has 2 aromatic carbocycles. The lowest BCUT2D eigenvalue weighted by molar-refractivity contribution is -0.119. The number of aryl methyl sites for hydroxylation is 1. The van der Waals surface area contributed by atoms with Crippen LogP contribution in [0.3, 0.4) is 0 Å². The van der Waals surface area contributed by atoms with Crippen LogP contribution in [0.4, 0.5) is 10.9 Å². The van der Waals surface area contributed by atoms with E-state index in [4.69, 9.17) is 0 Å². The van der Waals surface area contributed by atoms with Crippen molar-refractivity contribution in [2.24, 2.45) is 0 Å². The molecule has 2 aromatic heterocycles. The highest BCUT2D eigenvalue weighted by molar-refractivity contribution is 7.14. The number of aromatic nitrogens is 3. The molecule has 0 unspecified atom stereocenters. The topological polar surface area (TPSA) is 79.8 Å². The van der Waals surface area contributed by atoms with Gasteiger partial charge in [0.15, 0.2) is 10.9 Å². The molecule has 0 bridgehead atoms. The lowest BCUT2D eigenvalue weighted by Crippen LogP contribution is -2.18. The first-order valence-corrected chi connectivity index (χ1v) is 9.76. The number of rotatable bonds is 5. The number of para-hydroxylation sites is 2. The van der Waals surface area contributed by atoms with Crippen LogP contribution in [0.1, 0.15) is 18.2 Å². The lowest BCUT2D eigenvalue weighted by atomic mass is 10.1. The summed E-state index contributed by atoms with van der Waals surface area (Å²) in [6.07, 6.45) is 0. The Morgan fingerprint density at radius 2 is 1.71 bits per heavy atom. The lowest BCUT2D eigenvalue weighted by Gasteiger charge is -2.07. The third kappa shape index (κ3) is 3.99. The monoisotopic (exact) mass is 389 g/mol. The first-order chi connectivity index (χ1) is 13.6. The number of anilines is 2. The second-order valence-corrected chi connectivity index (χ2v) is 7.27. The predicted molar refractivity (Wildman–Crippen MR) is 113 cm³/mol. The Labute approximate surface area is 166 Å². The average molecular weight is 389 g/mol. The molecule has 0 spiro atoms. The fourth-order valence-electron chi connectivity index (χ4n) is 2.79. The van der Waals surface area contributed by atoms with Crippen LogP contribution in [-0.4, -0.2) is 20.9 Å². The minimum Gasteiger partial charge on any atom is -0.352 e. The van der Waals surface area contributed by atoms with Gasteiger partial charge in [-0.25, -0.2) is 15.0 Å². The van der Waals surface area contributed by atoms with Crippen LogP contribution in [0.15, 0.2) is 53.9 Å². The molecule has 0 atom stereocenters. The van der Waals surface area contributed by atoms with Crippen molar-refractivity contribution in [1.29, 1.82) is 0 Å². The van der Waals surface area contributed by atoms with Crippen LogP contribution < -0.4 is 10.6 Å². The quantitative estimate of drug-likeness (QED) is 0.527. The van der Waals surface area contributed by atoms with E-state index in [-0.39, 0.29) is 5.91 Å². The van der Waals surface area contributed by atoms with Crippen LogP contribution in [0.25, 0.3) is 22.3 Å². The summed E-state index contributed by atoms with van der Waals surface area (Å²) >= 11 is 1.52. The molecule has 0 aliphatic carbocycles. The standard InChI is InChI=1S/C21H19N5OS/c1-13-20(24-18-6-4-3-5-17(18)23-13)26-21-25-19(12-28-21)16-9-7-15(8-10-16)11-22-14(2)27/h3-10,12H,11H2,1-2H3,(H,22,27)(H,24,25,26). The Bertz CT molecular complexity index is 1140. The van der Waals surface area contributed by atoms with E-state index in [1.807, 2.05) is 60.8 Å². The highest BCUT2D eigenvalue weighted by atomic mass is 32.1. The molecule has 0 aliphatic heterocycles. The van der Waals surface area contributed by atoms with Gasteiger partial charge in [-0.2, -0.15) is 0 Å². The third-order valence-electron chi connectivity index (χ3n) is 4.27. The Balaban J connectivity index is 1.52. The fraction of sp³-hybridized carbons (Fsp3) is 0.143. The SMILES string of the molecule is CC(=O)NCc1ccc(-c2csc(Nc3nc4ccccc4nc3C)n2)cc1. The number of thiazole rings is 1. The molecule has 6 nitrogen and oxygen atoms in total. The van der Waals surface area contributed by atoms with E-state index in [1.54, 1.807) is 0 Å². The van der Waals surface area contributed by atoms with Crippen LogP contribution in [0.2, 0.25) is 0 Å². The van der Waals surface area contributed by atoms with Crippen molar-refractivity contribution in [3.8, 4) is 11.3 Å². The normalized spacial score (nSPS) is 10.8. The Morgan fingerprint density at radius 1 is 1.00 bits per heavy atom. The molecule has 7 heteroatoms. The molecular formula is C21H19N5OS. The molecule has 0 fully saturated rings. The molecule has 140 valence electrons. The number of hydrogen-bond donors (Lipinski definition) is 2. The number of nitrogens with one attached hydrogen (secondary N) is 2. The second-order valence-electron chi connectivity index (χ2n) is 6.42. The molecule has 4 aromatic rings. The van der Waals surface area contributed by atoms with Gasteiger partial charge in [-0.3, -0.25) is 4.79 Å². The van der Waals surface area contributed by atoms with Crippen molar-refractivity contribution < 1.29 is 4.79 Å². The highest BCUT2D eigenvalue weighted by Crippen LogP contribution is 2.28. The molecule has 2 heterocycles. The van der Waals surface area contributed by atoms with Crippen LogP contribution >= 0.6 is 11.3 Å². The first kappa shape index (κ1) is 18.1. The maximum atomic E-state index is 11.0. The average Bonchev–Trinajstić information content (AvgIpc) is 3.16. The second kappa shape index (κ2) is 7.74. The molecule has 4 rings (SSSR count). The van der Waals surface area contributed by atoms with E-state index in [9.17, 15) is 4.79 Å². The van der Waals surface area contributed by atoms with E-state index in [2.05, 4.69) is 25.6 Å². The zero-order valence-corrected chi connectivity index (χ0v) is 16.4. The summed E-state index contributed by atoms with van der Waals surface area (Å²) in [5, 5.41) is 8.86. The van der Waals surface area contributed by atoms with Crippen molar-refractivity contribution in [1.82, 2.24) is 20.3 Å². The summed E-state index contributed by atoms with van der Waals surface area (Å²) in [7, 11) is 0. The summed E-state index contributed by atoms with van der Waals surface area (Å²) in [4.78, 5) is 24.9. The number of amides is 1. The third-order valence-corrected chi connectivity index (χ3v) is 5.02. The number of carbonyl (C=O) groups excluding carboxylic acids is 1. The molecule has 1 amide bonds. The van der Waals surface area contributed by atoms with Crippen LogP contribution in [0, 0.1) is 6.92 Å². The summed E-state index contributed by atoms with van der Waals surface area (Å²) in [5.74, 6) is 0.677. The van der Waals surface area contributed by atoms with Crippen LogP contribution in [-0.2, 0) is 11.3 Å². The number of hydrogen-bond acceptors (Lipinski definition) is 6. The summed E-state index contributed by atoms with van der Waals surface area (Å²) < 4.78 is 0. The van der Waals surface area contributed by atoms with Gasteiger partial charge in [0.05, 0.1) is 22.4 Å². The van der Waals surface area contributed by atoms with Crippen molar-refractivity contribution in [2.75, 3.05) is 5.32 Å². The largest absolute Gasteiger partial charge is 0.352 e. The highest BCUT2D eigenvalue weighted by Gasteiger charge is 2.09. The molecule has 0 saturated carbocycles. The number of fused-ring (bicyclic) bond motifs is 1. The summed E-state index contributed by atoms with van der Waals surface area (Å²) in [5.41, 5.74) is 5.53. The minimum atomic E-state index is -0.0358. The minimum absolute atomic E-state index is 0.0358. The van der Waals surface area contributed by atoms with Gasteiger partial charge in [-0.05, 0) is 24.6 Å². The molecule has 0 saturated heterocycles. The van der Waals surface area contributed by atoms with Gasteiger partial charge < -0.3 is 10.6 Å². The van der Waals surface area contributed by atoms with E-state index in [0.717, 1.165) is 38.7 Å². The predicted octanol–water partition coefficient (Wildman–Crippen LogP) is 4.44. The zero-order chi connectivity index (χ0) is 19.5. The van der Waals surface area contributed by atoms with Gasteiger partial charge in [0, 0.05) is 24.4 Å². The maximum Gasteiger partial charge on any atom is 0.217 e. The molecule has 28 heavy (non-hydrogen) atoms. The van der Waals surface area contributed by atoms with E-state index < -0.39 is 0 Å². The number of benzene rings is 2. The van der Waals surface area contributed by atoms with Crippen molar-refractivity contribution in [2.45, 2.75) is 20.4 Å². The van der Waals surface area contributed by atoms with Crippen molar-refractivity contribution in [3.63, 3.8) is 0 Å². The van der Waals surface area contributed by atoms with Crippen LogP contribution in [0.5, 0.6) is 0 Å². The first-order valence-electron chi connectivity index (χ1n) is 8.88. The van der Waals surface area contributed by atoms with Gasteiger partial charge in [-0.15, -0.1) is 11.3 Å². The molecule has 0 aliphatic rings. The molecule has 0 radical (unpaired) electrons. The Morgan fingerprint density at radius 3 is 2.43 bits per heavy atom. The van der Waals surface area contributed by atoms with Gasteiger partial charge in [0.2, 0.25) is 5.91 Å². The van der Waals surface area contributed by atoms with Gasteiger partial charge in [-0.1, -0.05) is 36.4 Å².